The summed E-state index contributed by atoms with van der Waals surface area (Å²) in [4.78, 5) is 15.3. The smallest absolute Gasteiger partial charge is 0.189 e. The number of aromatic nitrogens is 1. The highest BCUT2D eigenvalue weighted by Gasteiger charge is 2.19. The average molecular weight is 417 g/mol. The SMILES string of the molecule is CN=C(/C=C(/Nc1ncc(Br)s1)N(C)C)N1CCN(CCO)CC1. The molecule has 7 nitrogen and oxygen atoms in total. The van der Waals surface area contributed by atoms with Gasteiger partial charge in [0.25, 0.3) is 0 Å². The first-order valence-electron chi connectivity index (χ1n) is 7.85. The van der Waals surface area contributed by atoms with Crippen LogP contribution in [0.3, 0.4) is 0 Å². The maximum atomic E-state index is 9.05. The van der Waals surface area contributed by atoms with Crippen LogP contribution in [0.1, 0.15) is 0 Å². The van der Waals surface area contributed by atoms with Crippen molar-refractivity contribution >= 4 is 38.2 Å². The van der Waals surface area contributed by atoms with Gasteiger partial charge in [-0.25, -0.2) is 4.98 Å². The number of aliphatic imine (C=N–C) groups is 1. The number of rotatable bonds is 6. The van der Waals surface area contributed by atoms with Crippen molar-refractivity contribution in [3.05, 3.63) is 21.9 Å². The predicted octanol–water partition coefficient (Wildman–Crippen LogP) is 1.36. The van der Waals surface area contributed by atoms with Crippen LogP contribution in [0, 0.1) is 0 Å². The average Bonchev–Trinajstić information content (AvgIpc) is 2.97. The lowest BCUT2D eigenvalue weighted by Gasteiger charge is -2.35. The van der Waals surface area contributed by atoms with E-state index in [9.17, 15) is 0 Å². The minimum Gasteiger partial charge on any atom is -0.395 e. The summed E-state index contributed by atoms with van der Waals surface area (Å²) in [6, 6.07) is 0. The number of thiazole rings is 1. The van der Waals surface area contributed by atoms with Crippen LogP contribution in [0.5, 0.6) is 0 Å². The Hall–Kier alpha value is -1.16. The minimum absolute atomic E-state index is 0.215. The molecule has 134 valence electrons. The Morgan fingerprint density at radius 2 is 2.17 bits per heavy atom. The third-order valence-electron chi connectivity index (χ3n) is 3.80. The summed E-state index contributed by atoms with van der Waals surface area (Å²) in [7, 11) is 5.81. The maximum Gasteiger partial charge on any atom is 0.189 e. The van der Waals surface area contributed by atoms with Crippen molar-refractivity contribution < 1.29 is 5.11 Å². The van der Waals surface area contributed by atoms with E-state index in [1.807, 2.05) is 26.0 Å². The highest BCUT2D eigenvalue weighted by Crippen LogP contribution is 2.24. The summed E-state index contributed by atoms with van der Waals surface area (Å²) in [5.41, 5.74) is 0. The molecule has 1 aromatic heterocycles. The number of hydrogen-bond acceptors (Lipinski definition) is 7. The van der Waals surface area contributed by atoms with Crippen LogP contribution in [0.2, 0.25) is 0 Å². The second-order valence-corrected chi connectivity index (χ2v) is 8.06. The van der Waals surface area contributed by atoms with Crippen molar-refractivity contribution in [2.75, 3.05) is 65.8 Å². The van der Waals surface area contributed by atoms with E-state index in [1.165, 1.54) is 0 Å². The molecule has 1 aliphatic rings. The van der Waals surface area contributed by atoms with Crippen LogP contribution < -0.4 is 5.32 Å². The van der Waals surface area contributed by atoms with E-state index in [2.05, 4.69) is 47.1 Å². The third kappa shape index (κ3) is 5.44. The van der Waals surface area contributed by atoms with Crippen LogP contribution in [0.4, 0.5) is 5.13 Å². The lowest BCUT2D eigenvalue weighted by Crippen LogP contribution is -2.49. The van der Waals surface area contributed by atoms with Crippen LogP contribution in [-0.2, 0) is 0 Å². The topological polar surface area (TPSA) is 67.2 Å². The van der Waals surface area contributed by atoms with E-state index in [4.69, 9.17) is 5.11 Å². The Morgan fingerprint density at radius 3 is 2.67 bits per heavy atom. The molecule has 1 saturated heterocycles. The number of aliphatic hydroxyl groups excluding tert-OH is 1. The molecule has 0 amide bonds. The summed E-state index contributed by atoms with van der Waals surface area (Å²) in [5.74, 6) is 1.89. The molecule has 0 unspecified atom stereocenters. The number of amidine groups is 1. The Balaban J connectivity index is 2.06. The predicted molar refractivity (Wildman–Crippen MR) is 104 cm³/mol. The Bertz CT molecular complexity index is 580. The van der Waals surface area contributed by atoms with Gasteiger partial charge in [-0.15, -0.1) is 0 Å². The fourth-order valence-corrected chi connectivity index (χ4v) is 3.57. The number of nitrogens with zero attached hydrogens (tertiary/aromatic N) is 5. The van der Waals surface area contributed by atoms with Gasteiger partial charge in [-0.1, -0.05) is 11.3 Å². The molecule has 2 rings (SSSR count). The number of hydrogen-bond donors (Lipinski definition) is 2. The molecule has 0 aliphatic carbocycles. The fourth-order valence-electron chi connectivity index (χ4n) is 2.46. The second kappa shape index (κ2) is 9.36. The zero-order chi connectivity index (χ0) is 17.5. The van der Waals surface area contributed by atoms with E-state index in [-0.39, 0.29) is 6.61 Å². The quantitative estimate of drug-likeness (QED) is 0.538. The van der Waals surface area contributed by atoms with E-state index >= 15 is 0 Å². The van der Waals surface area contributed by atoms with Crippen LogP contribution in [-0.4, -0.2) is 91.1 Å². The van der Waals surface area contributed by atoms with Gasteiger partial charge in [-0.2, -0.15) is 0 Å². The van der Waals surface area contributed by atoms with Gasteiger partial charge in [0.1, 0.15) is 11.7 Å². The highest BCUT2D eigenvalue weighted by atomic mass is 79.9. The molecule has 2 N–H and O–H groups in total. The number of halogens is 1. The zero-order valence-electron chi connectivity index (χ0n) is 14.4. The van der Waals surface area contributed by atoms with Gasteiger partial charge in [0.2, 0.25) is 0 Å². The summed E-state index contributed by atoms with van der Waals surface area (Å²) in [5, 5.41) is 13.2. The molecule has 0 spiro atoms. The summed E-state index contributed by atoms with van der Waals surface area (Å²) in [6.45, 7) is 4.66. The number of β-amino-alcohol motifs (C(OH)–C–C–N with tert-alkyl or cyclic N) is 1. The third-order valence-corrected chi connectivity index (χ3v) is 5.19. The molecule has 0 radical (unpaired) electrons. The van der Waals surface area contributed by atoms with E-state index in [0.29, 0.717) is 0 Å². The van der Waals surface area contributed by atoms with Crippen molar-refractivity contribution in [3.63, 3.8) is 0 Å². The van der Waals surface area contributed by atoms with Crippen LogP contribution in [0.15, 0.2) is 26.9 Å². The molecule has 2 heterocycles. The summed E-state index contributed by atoms with van der Waals surface area (Å²) >= 11 is 4.99. The van der Waals surface area contributed by atoms with Gasteiger partial charge < -0.3 is 20.2 Å². The largest absolute Gasteiger partial charge is 0.395 e. The first-order chi connectivity index (χ1) is 11.5. The number of nitrogens with one attached hydrogen (secondary N) is 1. The molecular weight excluding hydrogens is 392 g/mol. The van der Waals surface area contributed by atoms with E-state index in [1.54, 1.807) is 17.5 Å². The monoisotopic (exact) mass is 416 g/mol. The van der Waals surface area contributed by atoms with Crippen molar-refractivity contribution in [1.29, 1.82) is 0 Å². The lowest BCUT2D eigenvalue weighted by atomic mass is 10.3. The summed E-state index contributed by atoms with van der Waals surface area (Å²) in [6.07, 6.45) is 3.84. The number of piperazine rings is 1. The number of aliphatic hydroxyl groups is 1. The van der Waals surface area contributed by atoms with Crippen molar-refractivity contribution in [2.24, 2.45) is 4.99 Å². The van der Waals surface area contributed by atoms with E-state index < -0.39 is 0 Å². The van der Waals surface area contributed by atoms with Gasteiger partial charge >= 0.3 is 0 Å². The molecule has 1 aliphatic heterocycles. The molecule has 0 aromatic carbocycles. The molecule has 0 bridgehead atoms. The van der Waals surface area contributed by atoms with Crippen molar-refractivity contribution in [1.82, 2.24) is 19.7 Å². The normalized spacial score (nSPS) is 17.3. The first-order valence-corrected chi connectivity index (χ1v) is 9.46. The molecule has 24 heavy (non-hydrogen) atoms. The fraction of sp³-hybridized carbons (Fsp3) is 0.600. The maximum absolute atomic E-state index is 9.05. The molecule has 1 aromatic rings. The van der Waals surface area contributed by atoms with Crippen molar-refractivity contribution in [2.45, 2.75) is 0 Å². The molecule has 0 atom stereocenters. The van der Waals surface area contributed by atoms with Crippen LogP contribution >= 0.6 is 27.3 Å². The second-order valence-electron chi connectivity index (χ2n) is 5.65. The Morgan fingerprint density at radius 1 is 1.46 bits per heavy atom. The van der Waals surface area contributed by atoms with Crippen molar-refractivity contribution in [3.8, 4) is 0 Å². The van der Waals surface area contributed by atoms with Gasteiger partial charge in [-0.05, 0) is 15.9 Å². The Labute approximate surface area is 155 Å². The summed E-state index contributed by atoms with van der Waals surface area (Å²) < 4.78 is 0.993. The highest BCUT2D eigenvalue weighted by molar-refractivity contribution is 9.11. The van der Waals surface area contributed by atoms with E-state index in [0.717, 1.165) is 53.3 Å². The Kier molecular flexibility index (Phi) is 7.47. The molecule has 1 fully saturated rings. The lowest BCUT2D eigenvalue weighted by molar-refractivity contribution is 0.147. The van der Waals surface area contributed by atoms with Gasteiger partial charge in [0, 0.05) is 59.9 Å². The van der Waals surface area contributed by atoms with Gasteiger partial charge in [-0.3, -0.25) is 9.89 Å². The van der Waals surface area contributed by atoms with Gasteiger partial charge in [0.15, 0.2) is 5.13 Å². The van der Waals surface area contributed by atoms with Crippen LogP contribution in [0.25, 0.3) is 0 Å². The zero-order valence-corrected chi connectivity index (χ0v) is 16.8. The standard InChI is InChI=1S/C15H25BrN6OS/c1-17-13(22-6-4-21(5-7-22)8-9-23)10-14(20(2)3)19-15-18-11-12(16)24-15/h10-11,23H,4-9H2,1-3H3,(H,18,19)/b14-10-,17-13?. The first kappa shape index (κ1) is 19.2. The number of anilines is 1. The molecule has 0 saturated carbocycles. The molecular formula is C15H25BrN6OS. The minimum atomic E-state index is 0.215. The molecule has 9 heteroatoms. The van der Waals surface area contributed by atoms with Gasteiger partial charge in [0.05, 0.1) is 16.6 Å².